The zero-order valence-corrected chi connectivity index (χ0v) is 18.3. The third kappa shape index (κ3) is 4.89. The van der Waals surface area contributed by atoms with Crippen LogP contribution in [0.4, 0.5) is 5.69 Å². The summed E-state index contributed by atoms with van der Waals surface area (Å²) >= 11 is 0. The molecule has 0 unspecified atom stereocenters. The second-order valence-electron chi connectivity index (χ2n) is 7.53. The topological polar surface area (TPSA) is 72.5 Å². The summed E-state index contributed by atoms with van der Waals surface area (Å²) in [7, 11) is -3.96. The van der Waals surface area contributed by atoms with Gasteiger partial charge in [-0.3, -0.25) is 4.79 Å². The molecule has 0 spiro atoms. The zero-order valence-electron chi connectivity index (χ0n) is 17.5. The Labute approximate surface area is 177 Å². The number of carbonyl (C=O) groups is 1. The lowest BCUT2D eigenvalue weighted by molar-refractivity contribution is 0.102. The van der Waals surface area contributed by atoms with E-state index in [1.54, 1.807) is 31.2 Å². The maximum Gasteiger partial charge on any atom is 0.339 e. The van der Waals surface area contributed by atoms with Crippen LogP contribution in [0.2, 0.25) is 0 Å². The van der Waals surface area contributed by atoms with Gasteiger partial charge in [-0.15, -0.1) is 0 Å². The number of benzene rings is 3. The second kappa shape index (κ2) is 8.71. The first kappa shape index (κ1) is 21.6. The number of carbonyl (C=O) groups excluding carboxylic acids is 1. The molecule has 0 saturated carbocycles. The largest absolute Gasteiger partial charge is 0.379 e. The number of para-hydroxylation sites is 1. The summed E-state index contributed by atoms with van der Waals surface area (Å²) < 4.78 is 30.5. The summed E-state index contributed by atoms with van der Waals surface area (Å²) in [5, 5.41) is 2.92. The molecule has 6 heteroatoms. The van der Waals surface area contributed by atoms with Gasteiger partial charge in [0, 0.05) is 11.3 Å². The molecule has 156 valence electrons. The van der Waals surface area contributed by atoms with Gasteiger partial charge in [0.15, 0.2) is 0 Å². The number of hydrogen-bond donors (Lipinski definition) is 1. The molecule has 5 nitrogen and oxygen atoms in total. The van der Waals surface area contributed by atoms with Gasteiger partial charge in [-0.2, -0.15) is 8.42 Å². The quantitative estimate of drug-likeness (QED) is 0.535. The van der Waals surface area contributed by atoms with Crippen molar-refractivity contribution in [1.82, 2.24) is 0 Å². The van der Waals surface area contributed by atoms with Gasteiger partial charge in [0.25, 0.3) is 5.91 Å². The maximum atomic E-state index is 12.6. The van der Waals surface area contributed by atoms with Crippen molar-refractivity contribution in [2.24, 2.45) is 0 Å². The molecular formula is C24H25NO4S. The summed E-state index contributed by atoms with van der Waals surface area (Å²) in [6, 6.07) is 18.9. The Morgan fingerprint density at radius 1 is 0.933 bits per heavy atom. The normalized spacial score (nSPS) is 11.4. The van der Waals surface area contributed by atoms with E-state index in [9.17, 15) is 13.2 Å². The van der Waals surface area contributed by atoms with Gasteiger partial charge in [-0.05, 0) is 72.9 Å². The van der Waals surface area contributed by atoms with E-state index in [1.807, 2.05) is 37.3 Å². The van der Waals surface area contributed by atoms with Gasteiger partial charge in [0.1, 0.15) is 10.6 Å². The van der Waals surface area contributed by atoms with Crippen molar-refractivity contribution in [3.63, 3.8) is 0 Å². The average Bonchev–Trinajstić information content (AvgIpc) is 2.70. The van der Waals surface area contributed by atoms with Crippen LogP contribution in [0.25, 0.3) is 0 Å². The van der Waals surface area contributed by atoms with Crippen molar-refractivity contribution < 1.29 is 17.4 Å². The Morgan fingerprint density at radius 3 is 2.27 bits per heavy atom. The summed E-state index contributed by atoms with van der Waals surface area (Å²) in [4.78, 5) is 12.8. The number of nitrogens with one attached hydrogen (secondary N) is 1. The molecule has 3 aromatic rings. The van der Waals surface area contributed by atoms with Gasteiger partial charge in [0.2, 0.25) is 0 Å². The molecule has 0 heterocycles. The van der Waals surface area contributed by atoms with Gasteiger partial charge < -0.3 is 9.50 Å². The predicted octanol–water partition coefficient (Wildman–Crippen LogP) is 5.45. The first-order valence-electron chi connectivity index (χ1n) is 9.69. The van der Waals surface area contributed by atoms with Crippen LogP contribution in [-0.2, 0) is 10.1 Å². The molecule has 3 rings (SSSR count). The van der Waals surface area contributed by atoms with Gasteiger partial charge in [0.05, 0.1) is 0 Å². The Hall–Kier alpha value is -3.12. The summed E-state index contributed by atoms with van der Waals surface area (Å²) in [6.45, 7) is 7.67. The highest BCUT2D eigenvalue weighted by Crippen LogP contribution is 2.25. The van der Waals surface area contributed by atoms with Crippen molar-refractivity contribution in [3.8, 4) is 5.75 Å². The zero-order chi connectivity index (χ0) is 21.9. The third-order valence-corrected chi connectivity index (χ3v) is 6.16. The fourth-order valence-corrected chi connectivity index (χ4v) is 4.37. The van der Waals surface area contributed by atoms with Gasteiger partial charge in [-0.25, -0.2) is 0 Å². The SMILES string of the molecule is Cc1ccc(C)c(S(=O)(=O)Oc2ccc(C(=O)Nc3ccccc3C(C)C)cc2)c1. The minimum Gasteiger partial charge on any atom is -0.379 e. The molecule has 0 aliphatic rings. The molecule has 0 aromatic heterocycles. The Balaban J connectivity index is 1.77. The van der Waals surface area contributed by atoms with E-state index in [-0.39, 0.29) is 22.5 Å². The second-order valence-corrected chi connectivity index (χ2v) is 9.04. The fourth-order valence-electron chi connectivity index (χ4n) is 3.12. The van der Waals surface area contributed by atoms with E-state index < -0.39 is 10.1 Å². The molecule has 0 aliphatic heterocycles. The van der Waals surface area contributed by atoms with Gasteiger partial charge >= 0.3 is 10.1 Å². The number of rotatable bonds is 6. The highest BCUT2D eigenvalue weighted by Gasteiger charge is 2.20. The molecule has 3 aromatic carbocycles. The summed E-state index contributed by atoms with van der Waals surface area (Å²) in [5.41, 5.74) is 3.66. The minimum absolute atomic E-state index is 0.134. The van der Waals surface area contributed by atoms with Crippen molar-refractivity contribution in [1.29, 1.82) is 0 Å². The van der Waals surface area contributed by atoms with E-state index in [1.165, 1.54) is 12.1 Å². The lowest BCUT2D eigenvalue weighted by Crippen LogP contribution is -2.14. The van der Waals surface area contributed by atoms with E-state index >= 15 is 0 Å². The van der Waals surface area contributed by atoms with E-state index in [0.29, 0.717) is 11.1 Å². The summed E-state index contributed by atoms with van der Waals surface area (Å²) in [5.74, 6) is 0.148. The number of amides is 1. The number of anilines is 1. The maximum absolute atomic E-state index is 12.6. The van der Waals surface area contributed by atoms with Crippen LogP contribution in [0.1, 0.15) is 46.8 Å². The fraction of sp³-hybridized carbons (Fsp3) is 0.208. The first-order chi connectivity index (χ1) is 14.2. The van der Waals surface area contributed by atoms with Crippen molar-refractivity contribution in [2.75, 3.05) is 5.32 Å². The van der Waals surface area contributed by atoms with Gasteiger partial charge in [-0.1, -0.05) is 44.2 Å². The third-order valence-electron chi connectivity index (χ3n) is 4.77. The van der Waals surface area contributed by atoms with Crippen LogP contribution >= 0.6 is 0 Å². The number of aryl methyl sites for hydroxylation is 2. The molecule has 0 saturated heterocycles. The van der Waals surface area contributed by atoms with Crippen LogP contribution in [0.5, 0.6) is 5.75 Å². The van der Waals surface area contributed by atoms with Crippen LogP contribution in [0.3, 0.4) is 0 Å². The number of hydrogen-bond acceptors (Lipinski definition) is 4. The van der Waals surface area contributed by atoms with Crippen LogP contribution in [0, 0.1) is 13.8 Å². The molecule has 1 N–H and O–H groups in total. The summed E-state index contributed by atoms with van der Waals surface area (Å²) in [6.07, 6.45) is 0. The molecule has 30 heavy (non-hydrogen) atoms. The smallest absolute Gasteiger partial charge is 0.339 e. The monoisotopic (exact) mass is 423 g/mol. The Bertz CT molecular complexity index is 1170. The average molecular weight is 424 g/mol. The molecule has 0 radical (unpaired) electrons. The highest BCUT2D eigenvalue weighted by molar-refractivity contribution is 7.87. The Kier molecular flexibility index (Phi) is 6.27. The van der Waals surface area contributed by atoms with Crippen LogP contribution < -0.4 is 9.50 Å². The molecule has 0 aliphatic carbocycles. The lowest BCUT2D eigenvalue weighted by Gasteiger charge is -2.14. The molecule has 1 amide bonds. The molecule has 0 bridgehead atoms. The van der Waals surface area contributed by atoms with Crippen molar-refractivity contribution in [2.45, 2.75) is 38.5 Å². The predicted molar refractivity (Wildman–Crippen MR) is 119 cm³/mol. The van der Waals surface area contributed by atoms with Crippen LogP contribution in [-0.4, -0.2) is 14.3 Å². The van der Waals surface area contributed by atoms with E-state index in [2.05, 4.69) is 19.2 Å². The van der Waals surface area contributed by atoms with Crippen LogP contribution in [0.15, 0.2) is 71.6 Å². The van der Waals surface area contributed by atoms with E-state index in [0.717, 1.165) is 16.8 Å². The molecule has 0 atom stereocenters. The molecule has 0 fully saturated rings. The minimum atomic E-state index is -3.96. The lowest BCUT2D eigenvalue weighted by atomic mass is 10.0. The van der Waals surface area contributed by atoms with E-state index in [4.69, 9.17) is 4.18 Å². The Morgan fingerprint density at radius 2 is 1.60 bits per heavy atom. The highest BCUT2D eigenvalue weighted by atomic mass is 32.2. The molecular weight excluding hydrogens is 398 g/mol. The first-order valence-corrected chi connectivity index (χ1v) is 11.1. The standard InChI is InChI=1S/C24H25NO4S/c1-16(2)21-7-5-6-8-22(21)25-24(26)19-11-13-20(14-12-19)29-30(27,28)23-15-17(3)9-10-18(23)4/h5-16H,1-4H3,(H,25,26). The van der Waals surface area contributed by atoms with Crippen molar-refractivity contribution >= 4 is 21.7 Å². The van der Waals surface area contributed by atoms with Crippen molar-refractivity contribution in [3.05, 3.63) is 89.0 Å².